The predicted molar refractivity (Wildman–Crippen MR) is 85.2 cm³/mol. The highest BCUT2D eigenvalue weighted by atomic mass is 16.5. The Balaban J connectivity index is 1.41. The molecule has 1 amide bonds. The summed E-state index contributed by atoms with van der Waals surface area (Å²) in [6, 6.07) is 2.55. The summed E-state index contributed by atoms with van der Waals surface area (Å²) in [5, 5.41) is 8.73. The van der Waals surface area contributed by atoms with Crippen LogP contribution in [-0.4, -0.2) is 58.6 Å². The molecule has 4 rings (SSSR count). The molecule has 6 heteroatoms. The largest absolute Gasteiger partial charge is 0.306 e. The summed E-state index contributed by atoms with van der Waals surface area (Å²) in [6.45, 7) is 4.42. The van der Waals surface area contributed by atoms with E-state index in [1.807, 2.05) is 6.07 Å². The second-order valence-electron chi connectivity index (χ2n) is 7.54. The van der Waals surface area contributed by atoms with Crippen LogP contribution in [0.3, 0.4) is 0 Å². The minimum absolute atomic E-state index is 0.427. The minimum Gasteiger partial charge on any atom is -0.306 e. The molecule has 1 saturated carbocycles. The van der Waals surface area contributed by atoms with Gasteiger partial charge in [-0.2, -0.15) is 0 Å². The lowest BCUT2D eigenvalue weighted by molar-refractivity contribution is 0.000356. The van der Waals surface area contributed by atoms with Crippen molar-refractivity contribution in [1.82, 2.24) is 20.3 Å². The summed E-state index contributed by atoms with van der Waals surface area (Å²) in [4.78, 5) is 21.0. The average Bonchev–Trinajstić information content (AvgIpc) is 2.94. The van der Waals surface area contributed by atoms with E-state index in [4.69, 9.17) is 5.21 Å². The van der Waals surface area contributed by atoms with Crippen molar-refractivity contribution in [2.45, 2.75) is 38.3 Å². The zero-order chi connectivity index (χ0) is 16.0. The van der Waals surface area contributed by atoms with E-state index in [2.05, 4.69) is 21.8 Å². The van der Waals surface area contributed by atoms with Gasteiger partial charge in [-0.1, -0.05) is 0 Å². The van der Waals surface area contributed by atoms with Crippen LogP contribution in [0.2, 0.25) is 0 Å². The third-order valence-corrected chi connectivity index (χ3v) is 5.93. The monoisotopic (exact) mass is 316 g/mol. The SMILES string of the molecule is CN1CC[C@]2(C1)C[C@@H](N1CCc3cc(C(=O)NO)cnc3C1)C2. The van der Waals surface area contributed by atoms with Crippen LogP contribution < -0.4 is 5.48 Å². The van der Waals surface area contributed by atoms with E-state index in [1.54, 1.807) is 11.7 Å². The van der Waals surface area contributed by atoms with E-state index in [-0.39, 0.29) is 0 Å². The van der Waals surface area contributed by atoms with E-state index < -0.39 is 5.91 Å². The van der Waals surface area contributed by atoms with Crippen LogP contribution in [0.4, 0.5) is 0 Å². The molecule has 1 aliphatic carbocycles. The second kappa shape index (κ2) is 5.54. The molecule has 1 aromatic rings. The number of amides is 1. The number of likely N-dealkylation sites (tertiary alicyclic amines) is 1. The predicted octanol–water partition coefficient (Wildman–Crippen LogP) is 1.04. The van der Waals surface area contributed by atoms with Crippen molar-refractivity contribution in [3.63, 3.8) is 0 Å². The van der Waals surface area contributed by atoms with Gasteiger partial charge in [0.05, 0.1) is 11.3 Å². The number of fused-ring (bicyclic) bond motifs is 1. The second-order valence-corrected chi connectivity index (χ2v) is 7.54. The van der Waals surface area contributed by atoms with E-state index >= 15 is 0 Å². The fourth-order valence-electron chi connectivity index (χ4n) is 4.62. The summed E-state index contributed by atoms with van der Waals surface area (Å²) in [5.74, 6) is -0.492. The maximum Gasteiger partial charge on any atom is 0.276 e. The van der Waals surface area contributed by atoms with Crippen LogP contribution in [0.1, 0.15) is 40.9 Å². The van der Waals surface area contributed by atoms with Crippen molar-refractivity contribution in [1.29, 1.82) is 0 Å². The molecule has 0 bridgehead atoms. The molecule has 1 spiro atoms. The highest BCUT2D eigenvalue weighted by molar-refractivity contribution is 5.93. The van der Waals surface area contributed by atoms with Crippen molar-refractivity contribution in [2.75, 3.05) is 26.7 Å². The number of carbonyl (C=O) groups excluding carboxylic acids is 1. The fourth-order valence-corrected chi connectivity index (χ4v) is 4.62. The maximum absolute atomic E-state index is 11.5. The van der Waals surface area contributed by atoms with Crippen LogP contribution in [0, 0.1) is 5.41 Å². The van der Waals surface area contributed by atoms with Gasteiger partial charge in [-0.15, -0.1) is 0 Å². The molecule has 3 heterocycles. The molecule has 2 fully saturated rings. The van der Waals surface area contributed by atoms with Crippen molar-refractivity contribution < 1.29 is 10.0 Å². The highest BCUT2D eigenvalue weighted by Crippen LogP contribution is 2.50. The molecule has 2 N–H and O–H groups in total. The molecule has 1 saturated heterocycles. The summed E-state index contributed by atoms with van der Waals surface area (Å²) < 4.78 is 0. The summed E-state index contributed by atoms with van der Waals surface area (Å²) in [6.07, 6.45) is 6.47. The number of rotatable bonds is 2. The fraction of sp³-hybridized carbons (Fsp3) is 0.647. The zero-order valence-corrected chi connectivity index (χ0v) is 13.6. The Kier molecular flexibility index (Phi) is 3.63. The molecule has 0 radical (unpaired) electrons. The van der Waals surface area contributed by atoms with Crippen LogP contribution in [-0.2, 0) is 13.0 Å². The van der Waals surface area contributed by atoms with Crippen LogP contribution in [0.15, 0.2) is 12.3 Å². The lowest BCUT2D eigenvalue weighted by Crippen LogP contribution is -2.53. The van der Waals surface area contributed by atoms with Gasteiger partial charge in [0.25, 0.3) is 5.91 Å². The minimum atomic E-state index is -0.492. The third-order valence-electron chi connectivity index (χ3n) is 5.93. The Morgan fingerprint density at radius 1 is 1.43 bits per heavy atom. The number of pyridine rings is 1. The summed E-state index contributed by atoms with van der Waals surface area (Å²) >= 11 is 0. The molecule has 23 heavy (non-hydrogen) atoms. The maximum atomic E-state index is 11.5. The first-order valence-corrected chi connectivity index (χ1v) is 8.43. The average molecular weight is 316 g/mol. The van der Waals surface area contributed by atoms with Crippen LogP contribution in [0.5, 0.6) is 0 Å². The Bertz CT molecular complexity index is 627. The number of hydrogen-bond donors (Lipinski definition) is 2. The number of hydrogen-bond acceptors (Lipinski definition) is 5. The number of aromatic nitrogens is 1. The van der Waals surface area contributed by atoms with Gasteiger partial charge in [0.2, 0.25) is 0 Å². The lowest BCUT2D eigenvalue weighted by Gasteiger charge is -2.51. The Labute approximate surface area is 136 Å². The molecular formula is C17H24N4O2. The normalized spacial score (nSPS) is 31.0. The Hall–Kier alpha value is -1.50. The van der Waals surface area contributed by atoms with Gasteiger partial charge in [-0.3, -0.25) is 19.9 Å². The summed E-state index contributed by atoms with van der Waals surface area (Å²) in [7, 11) is 2.23. The van der Waals surface area contributed by atoms with Crippen molar-refractivity contribution in [3.05, 3.63) is 29.1 Å². The lowest BCUT2D eigenvalue weighted by atomic mass is 9.64. The standard InChI is InChI=1S/C17H24N4O2/c1-20-5-3-17(11-20)7-14(8-17)21-4-2-12-6-13(16(22)19-23)9-18-15(12)10-21/h6,9,14,23H,2-5,7-8,10-11H2,1H3,(H,19,22)/t14-,17+. The molecule has 0 aromatic carbocycles. The molecule has 0 atom stereocenters. The van der Waals surface area contributed by atoms with Gasteiger partial charge in [0.15, 0.2) is 0 Å². The van der Waals surface area contributed by atoms with E-state index in [1.165, 1.54) is 32.4 Å². The molecule has 3 aliphatic rings. The van der Waals surface area contributed by atoms with Crippen molar-refractivity contribution >= 4 is 5.91 Å². The van der Waals surface area contributed by atoms with Crippen LogP contribution >= 0.6 is 0 Å². The van der Waals surface area contributed by atoms with Gasteiger partial charge in [0.1, 0.15) is 0 Å². The molecule has 2 aliphatic heterocycles. The van der Waals surface area contributed by atoms with E-state index in [0.29, 0.717) is 17.0 Å². The van der Waals surface area contributed by atoms with Gasteiger partial charge in [0, 0.05) is 31.9 Å². The smallest absolute Gasteiger partial charge is 0.276 e. The molecule has 1 aromatic heterocycles. The van der Waals surface area contributed by atoms with Gasteiger partial charge < -0.3 is 4.90 Å². The Morgan fingerprint density at radius 2 is 2.26 bits per heavy atom. The molecule has 6 nitrogen and oxygen atoms in total. The number of nitrogens with zero attached hydrogens (tertiary/aromatic N) is 3. The quantitative estimate of drug-likeness (QED) is 0.630. The van der Waals surface area contributed by atoms with Gasteiger partial charge in [-0.05, 0) is 56.3 Å². The van der Waals surface area contributed by atoms with Crippen molar-refractivity contribution in [2.24, 2.45) is 5.41 Å². The van der Waals surface area contributed by atoms with E-state index in [0.717, 1.165) is 30.8 Å². The first-order chi connectivity index (χ1) is 11.1. The first-order valence-electron chi connectivity index (χ1n) is 8.43. The summed E-state index contributed by atoms with van der Waals surface area (Å²) in [5.41, 5.74) is 4.89. The van der Waals surface area contributed by atoms with E-state index in [9.17, 15) is 4.79 Å². The zero-order valence-electron chi connectivity index (χ0n) is 13.6. The molecule has 124 valence electrons. The van der Waals surface area contributed by atoms with Gasteiger partial charge in [-0.25, -0.2) is 5.48 Å². The number of hydroxylamine groups is 1. The first kappa shape index (κ1) is 15.1. The molecular weight excluding hydrogens is 292 g/mol. The number of carbonyl (C=O) groups is 1. The number of nitrogens with one attached hydrogen (secondary N) is 1. The van der Waals surface area contributed by atoms with Gasteiger partial charge >= 0.3 is 0 Å². The van der Waals surface area contributed by atoms with Crippen molar-refractivity contribution in [3.8, 4) is 0 Å². The topological polar surface area (TPSA) is 68.7 Å². The highest BCUT2D eigenvalue weighted by Gasteiger charge is 2.49. The third kappa shape index (κ3) is 2.65. The molecule has 0 unspecified atom stereocenters. The Morgan fingerprint density at radius 3 is 2.96 bits per heavy atom. The van der Waals surface area contributed by atoms with Crippen LogP contribution in [0.25, 0.3) is 0 Å².